The number of rotatable bonds is 9. The highest BCUT2D eigenvalue weighted by atomic mass is 79.9. The van der Waals surface area contributed by atoms with Gasteiger partial charge in [-0.05, 0) is 76.7 Å². The number of nitrogens with zero attached hydrogens (tertiary/aromatic N) is 2. The average Bonchev–Trinajstić information content (AvgIpc) is 2.90. The van der Waals surface area contributed by atoms with Crippen molar-refractivity contribution in [1.29, 1.82) is 0 Å². The first kappa shape index (κ1) is 25.3. The second kappa shape index (κ2) is 12.3. The Morgan fingerprint density at radius 1 is 1.11 bits per heavy atom. The summed E-state index contributed by atoms with van der Waals surface area (Å²) in [4.78, 5) is 19.4. The zero-order valence-corrected chi connectivity index (χ0v) is 22.0. The molecule has 8 heteroatoms. The summed E-state index contributed by atoms with van der Waals surface area (Å²) in [6.45, 7) is 3.06. The van der Waals surface area contributed by atoms with Gasteiger partial charge in [0.15, 0.2) is 0 Å². The Bertz CT molecular complexity index is 1120. The van der Waals surface area contributed by atoms with Crippen LogP contribution in [-0.2, 0) is 6.42 Å². The van der Waals surface area contributed by atoms with Crippen LogP contribution in [0.3, 0.4) is 0 Å². The Balaban J connectivity index is 1.32. The third kappa shape index (κ3) is 6.89. The van der Waals surface area contributed by atoms with Crippen LogP contribution in [0.15, 0.2) is 65.4 Å². The Labute approximate surface area is 219 Å². The van der Waals surface area contributed by atoms with Crippen molar-refractivity contribution in [2.75, 3.05) is 38.3 Å². The first-order chi connectivity index (χ1) is 17.0. The molecule has 1 saturated heterocycles. The maximum atomic E-state index is 13.0. The first-order valence-corrected chi connectivity index (χ1v) is 12.9. The number of carbonyl (C=O) groups is 1. The smallest absolute Gasteiger partial charge is 0.251 e. The number of carbonyl (C=O) groups excluding carboxylic acids is 1. The molecule has 2 aromatic carbocycles. The summed E-state index contributed by atoms with van der Waals surface area (Å²) in [6, 6.07) is 15.3. The minimum Gasteiger partial charge on any atom is -0.495 e. The quantitative estimate of drug-likeness (QED) is 0.361. The van der Waals surface area contributed by atoms with E-state index in [4.69, 9.17) is 21.1 Å². The molecular formula is C27H29BrClN3O3. The van der Waals surface area contributed by atoms with Crippen molar-refractivity contribution < 1.29 is 14.3 Å². The molecule has 0 atom stereocenters. The summed E-state index contributed by atoms with van der Waals surface area (Å²) < 4.78 is 12.2. The van der Waals surface area contributed by atoms with Gasteiger partial charge in [-0.15, -0.1) is 0 Å². The third-order valence-corrected chi connectivity index (χ3v) is 7.28. The van der Waals surface area contributed by atoms with Crippen LogP contribution in [0.1, 0.15) is 28.8 Å². The van der Waals surface area contributed by atoms with Crippen LogP contribution in [0.2, 0.25) is 5.02 Å². The number of piperidine rings is 1. The molecule has 1 amide bonds. The number of hydrogen-bond donors (Lipinski definition) is 1. The lowest BCUT2D eigenvalue weighted by atomic mass is 9.96. The molecule has 0 aliphatic carbocycles. The van der Waals surface area contributed by atoms with Crippen LogP contribution in [0.5, 0.6) is 11.5 Å². The molecule has 1 fully saturated rings. The van der Waals surface area contributed by atoms with E-state index in [1.165, 1.54) is 5.69 Å². The number of hydrogen-bond acceptors (Lipinski definition) is 5. The lowest BCUT2D eigenvalue weighted by Gasteiger charge is -2.33. The van der Waals surface area contributed by atoms with Gasteiger partial charge in [0.05, 0.1) is 13.7 Å². The van der Waals surface area contributed by atoms with Crippen LogP contribution in [0.25, 0.3) is 0 Å². The van der Waals surface area contributed by atoms with Gasteiger partial charge in [0.25, 0.3) is 5.91 Å². The summed E-state index contributed by atoms with van der Waals surface area (Å²) in [7, 11) is 1.58. The van der Waals surface area contributed by atoms with Gasteiger partial charge in [0.2, 0.25) is 0 Å². The number of aromatic nitrogens is 1. The van der Waals surface area contributed by atoms with Crippen molar-refractivity contribution >= 4 is 39.1 Å². The van der Waals surface area contributed by atoms with E-state index in [1.54, 1.807) is 19.2 Å². The fraction of sp³-hybridized carbons (Fsp3) is 0.333. The van der Waals surface area contributed by atoms with Crippen molar-refractivity contribution in [3.05, 3.63) is 81.5 Å². The number of benzene rings is 2. The summed E-state index contributed by atoms with van der Waals surface area (Å²) in [6.07, 6.45) is 6.44. The van der Waals surface area contributed by atoms with Crippen LogP contribution in [0, 0.1) is 5.92 Å². The first-order valence-electron chi connectivity index (χ1n) is 11.7. The molecule has 0 unspecified atom stereocenters. The maximum Gasteiger partial charge on any atom is 0.251 e. The fourth-order valence-corrected chi connectivity index (χ4v) is 4.81. The molecule has 1 aliphatic rings. The van der Waals surface area contributed by atoms with Gasteiger partial charge in [0, 0.05) is 54.7 Å². The van der Waals surface area contributed by atoms with Crippen LogP contribution in [0.4, 0.5) is 5.69 Å². The molecule has 6 nitrogen and oxygen atoms in total. The molecule has 3 aromatic rings. The number of amides is 1. The predicted octanol–water partition coefficient (Wildman–Crippen LogP) is 5.77. The normalized spacial score (nSPS) is 14.0. The molecule has 1 N–H and O–H groups in total. The number of halogens is 2. The van der Waals surface area contributed by atoms with Crippen molar-refractivity contribution in [1.82, 2.24) is 10.3 Å². The monoisotopic (exact) mass is 557 g/mol. The summed E-state index contributed by atoms with van der Waals surface area (Å²) >= 11 is 9.50. The molecule has 2 heterocycles. The number of ether oxygens (including phenoxy) is 2. The molecule has 0 bridgehead atoms. The Morgan fingerprint density at radius 3 is 2.49 bits per heavy atom. The van der Waals surface area contributed by atoms with Gasteiger partial charge in [-0.3, -0.25) is 9.78 Å². The molecular weight excluding hydrogens is 530 g/mol. The number of pyridine rings is 1. The Hall–Kier alpha value is -2.77. The number of anilines is 1. The van der Waals surface area contributed by atoms with Crippen molar-refractivity contribution in [3.63, 3.8) is 0 Å². The third-order valence-electron chi connectivity index (χ3n) is 6.24. The molecule has 184 valence electrons. The van der Waals surface area contributed by atoms with Gasteiger partial charge in [-0.25, -0.2) is 0 Å². The molecule has 0 spiro atoms. The maximum absolute atomic E-state index is 13.0. The van der Waals surface area contributed by atoms with E-state index in [2.05, 4.69) is 31.1 Å². The van der Waals surface area contributed by atoms with Crippen molar-refractivity contribution in [2.24, 2.45) is 5.92 Å². The second-order valence-electron chi connectivity index (χ2n) is 8.56. The van der Waals surface area contributed by atoms with E-state index in [0.29, 0.717) is 45.6 Å². The standard InChI is InChI=1S/C27H29BrClN3O3/c1-34-24-16-21(17-25(26(24)28)35-15-10-19-2-4-22(29)5-3-19)27(33)31-18-20-8-13-32(14-9-20)23-6-11-30-12-7-23/h2-7,11-12,16-17,20H,8-10,13-15,18H2,1H3,(H,31,33). The number of methoxy groups -OCH3 is 1. The summed E-state index contributed by atoms with van der Waals surface area (Å²) in [5, 5.41) is 3.81. The minimum absolute atomic E-state index is 0.130. The van der Waals surface area contributed by atoms with E-state index < -0.39 is 0 Å². The van der Waals surface area contributed by atoms with Crippen LogP contribution >= 0.6 is 27.5 Å². The lowest BCUT2D eigenvalue weighted by molar-refractivity contribution is 0.0944. The molecule has 0 radical (unpaired) electrons. The van der Waals surface area contributed by atoms with Gasteiger partial charge in [-0.1, -0.05) is 23.7 Å². The highest BCUT2D eigenvalue weighted by Crippen LogP contribution is 2.36. The van der Waals surface area contributed by atoms with Crippen molar-refractivity contribution in [3.8, 4) is 11.5 Å². The zero-order valence-electron chi connectivity index (χ0n) is 19.7. The van der Waals surface area contributed by atoms with Gasteiger partial charge in [-0.2, -0.15) is 0 Å². The molecule has 1 aliphatic heterocycles. The molecule has 4 rings (SSSR count). The average molecular weight is 559 g/mol. The minimum atomic E-state index is -0.130. The van der Waals surface area contributed by atoms with Crippen LogP contribution in [-0.4, -0.2) is 44.2 Å². The Kier molecular flexibility index (Phi) is 8.88. The van der Waals surface area contributed by atoms with Crippen molar-refractivity contribution in [2.45, 2.75) is 19.3 Å². The lowest BCUT2D eigenvalue weighted by Crippen LogP contribution is -2.38. The summed E-state index contributed by atoms with van der Waals surface area (Å²) in [5.74, 6) is 1.46. The van der Waals surface area contributed by atoms with Gasteiger partial charge in [0.1, 0.15) is 16.0 Å². The highest BCUT2D eigenvalue weighted by Gasteiger charge is 2.21. The van der Waals surface area contributed by atoms with E-state index >= 15 is 0 Å². The van der Waals surface area contributed by atoms with Gasteiger partial charge < -0.3 is 19.7 Å². The number of nitrogens with one attached hydrogen (secondary N) is 1. The van der Waals surface area contributed by atoms with E-state index in [9.17, 15) is 4.79 Å². The highest BCUT2D eigenvalue weighted by molar-refractivity contribution is 9.10. The van der Waals surface area contributed by atoms with E-state index in [-0.39, 0.29) is 5.91 Å². The molecule has 0 saturated carbocycles. The van der Waals surface area contributed by atoms with E-state index in [1.807, 2.05) is 48.8 Å². The fourth-order valence-electron chi connectivity index (χ4n) is 4.18. The summed E-state index contributed by atoms with van der Waals surface area (Å²) in [5.41, 5.74) is 2.84. The largest absolute Gasteiger partial charge is 0.495 e. The molecule has 1 aromatic heterocycles. The Morgan fingerprint density at radius 2 is 1.80 bits per heavy atom. The van der Waals surface area contributed by atoms with E-state index in [0.717, 1.165) is 37.9 Å². The zero-order chi connectivity index (χ0) is 24.6. The molecule has 35 heavy (non-hydrogen) atoms. The SMILES string of the molecule is COc1cc(C(=O)NCC2CCN(c3ccncc3)CC2)cc(OCCc2ccc(Cl)cc2)c1Br. The second-order valence-corrected chi connectivity index (χ2v) is 9.79. The topological polar surface area (TPSA) is 63.7 Å². The van der Waals surface area contributed by atoms with Crippen LogP contribution < -0.4 is 19.7 Å². The predicted molar refractivity (Wildman–Crippen MR) is 143 cm³/mol. The van der Waals surface area contributed by atoms with Gasteiger partial charge >= 0.3 is 0 Å².